The largest absolute Gasteiger partial charge is 0.459 e. The van der Waals surface area contributed by atoms with Crippen molar-refractivity contribution in [2.45, 2.75) is 0 Å². The number of hydrogen-bond donors (Lipinski definition) is 1. The molecule has 0 aliphatic carbocycles. The molecule has 2 aromatic rings. The summed E-state index contributed by atoms with van der Waals surface area (Å²) in [6, 6.07) is 11.2. The van der Waals surface area contributed by atoms with E-state index in [1.54, 1.807) is 10.5 Å². The van der Waals surface area contributed by atoms with Gasteiger partial charge in [0.05, 0.1) is 6.07 Å². The lowest BCUT2D eigenvalue weighted by Crippen LogP contribution is -2.20. The molecular weight excluding hydrogens is 138 g/mol. The molecule has 0 amide bonds. The molecule has 11 heavy (non-hydrogen) atoms. The van der Waals surface area contributed by atoms with Crippen molar-refractivity contribution >= 4 is 5.52 Å². The van der Waals surface area contributed by atoms with Gasteiger partial charge in [0.15, 0.2) is 6.20 Å². The summed E-state index contributed by atoms with van der Waals surface area (Å²) in [5.74, 6) is 0.267. The fourth-order valence-corrected chi connectivity index (χ4v) is 1.11. The third kappa shape index (κ3) is 0.923. The van der Waals surface area contributed by atoms with Crippen LogP contribution in [0.5, 0.6) is 5.88 Å². The first kappa shape index (κ1) is 6.16. The summed E-state index contributed by atoms with van der Waals surface area (Å²) in [7, 11) is 0. The Hall–Kier alpha value is -1.57. The predicted octanol–water partition coefficient (Wildman–Crippen LogP) is 1.13. The van der Waals surface area contributed by atoms with E-state index in [0.29, 0.717) is 0 Å². The van der Waals surface area contributed by atoms with Crippen LogP contribution >= 0.6 is 0 Å². The van der Waals surface area contributed by atoms with Crippen molar-refractivity contribution < 1.29 is 9.51 Å². The van der Waals surface area contributed by atoms with Gasteiger partial charge in [-0.1, -0.05) is 0 Å². The summed E-state index contributed by atoms with van der Waals surface area (Å²) in [6.45, 7) is 0. The summed E-state index contributed by atoms with van der Waals surface area (Å²) < 4.78 is 1.72. The average Bonchev–Trinajstić information content (AvgIpc) is 2.06. The van der Waals surface area contributed by atoms with E-state index in [4.69, 9.17) is 0 Å². The molecule has 0 saturated carbocycles. The minimum absolute atomic E-state index is 0.267. The van der Waals surface area contributed by atoms with Crippen LogP contribution in [0.25, 0.3) is 5.52 Å². The van der Waals surface area contributed by atoms with E-state index in [9.17, 15) is 5.11 Å². The monoisotopic (exact) mass is 146 g/mol. The number of rotatable bonds is 0. The van der Waals surface area contributed by atoms with Gasteiger partial charge in [-0.25, -0.2) is 0 Å². The lowest BCUT2D eigenvalue weighted by atomic mass is 10.3. The average molecular weight is 146 g/mol. The third-order valence-electron chi connectivity index (χ3n) is 1.65. The summed E-state index contributed by atoms with van der Waals surface area (Å²) in [5, 5.41) is 9.33. The molecule has 0 bridgehead atoms. The first-order valence-electron chi connectivity index (χ1n) is 3.46. The zero-order valence-electron chi connectivity index (χ0n) is 5.94. The van der Waals surface area contributed by atoms with E-state index < -0.39 is 0 Å². The van der Waals surface area contributed by atoms with Crippen LogP contribution in [0.3, 0.4) is 0 Å². The van der Waals surface area contributed by atoms with E-state index in [1.165, 1.54) is 0 Å². The van der Waals surface area contributed by atoms with Gasteiger partial charge in [0, 0.05) is 18.2 Å². The number of fused-ring (bicyclic) bond motifs is 1. The van der Waals surface area contributed by atoms with E-state index in [1.807, 2.05) is 36.5 Å². The standard InChI is InChI=1S/C9H7NO/c11-9-6-3-5-8-4-1-2-7-10(8)9/h1-7H/p+1. The van der Waals surface area contributed by atoms with Gasteiger partial charge in [0.2, 0.25) is 5.52 Å². The van der Waals surface area contributed by atoms with Crippen molar-refractivity contribution in [3.63, 3.8) is 0 Å². The maximum absolute atomic E-state index is 9.33. The highest BCUT2D eigenvalue weighted by atomic mass is 16.3. The summed E-state index contributed by atoms with van der Waals surface area (Å²) in [4.78, 5) is 0. The molecule has 0 unspecified atom stereocenters. The third-order valence-corrected chi connectivity index (χ3v) is 1.65. The molecule has 2 heterocycles. The SMILES string of the molecule is Oc1cccc2cccc[n+]12. The van der Waals surface area contributed by atoms with Gasteiger partial charge in [-0.3, -0.25) is 0 Å². The Balaban J connectivity index is 2.91. The Morgan fingerprint density at radius 2 is 1.82 bits per heavy atom. The minimum atomic E-state index is 0.267. The Kier molecular flexibility index (Phi) is 1.25. The molecule has 1 N–H and O–H groups in total. The summed E-state index contributed by atoms with van der Waals surface area (Å²) >= 11 is 0. The second-order valence-corrected chi connectivity index (χ2v) is 2.38. The van der Waals surface area contributed by atoms with E-state index in [0.717, 1.165) is 5.52 Å². The van der Waals surface area contributed by atoms with Gasteiger partial charge in [-0.15, -0.1) is 4.40 Å². The first-order valence-corrected chi connectivity index (χ1v) is 3.46. The normalized spacial score (nSPS) is 10.2. The number of nitrogens with zero attached hydrogens (tertiary/aromatic N) is 1. The van der Waals surface area contributed by atoms with Crippen LogP contribution in [0.2, 0.25) is 0 Å². The Morgan fingerprint density at radius 1 is 1.00 bits per heavy atom. The highest BCUT2D eigenvalue weighted by Gasteiger charge is 2.03. The van der Waals surface area contributed by atoms with Crippen molar-refractivity contribution in [3.05, 3.63) is 42.6 Å². The summed E-state index contributed by atoms with van der Waals surface area (Å²) in [6.07, 6.45) is 1.82. The Labute approximate surface area is 64.4 Å². The number of hydrogen-bond acceptors (Lipinski definition) is 1. The fraction of sp³-hybridized carbons (Fsp3) is 0. The zero-order chi connectivity index (χ0) is 7.68. The van der Waals surface area contributed by atoms with Crippen molar-refractivity contribution in [2.24, 2.45) is 0 Å². The van der Waals surface area contributed by atoms with Gasteiger partial charge in [-0.2, -0.15) is 0 Å². The molecule has 0 spiro atoms. The number of pyridine rings is 2. The van der Waals surface area contributed by atoms with Gasteiger partial charge in [0.1, 0.15) is 0 Å². The predicted molar refractivity (Wildman–Crippen MR) is 41.3 cm³/mol. The topological polar surface area (TPSA) is 24.3 Å². The maximum atomic E-state index is 9.33. The Morgan fingerprint density at radius 3 is 2.64 bits per heavy atom. The molecule has 0 aliphatic rings. The molecule has 0 radical (unpaired) electrons. The van der Waals surface area contributed by atoms with Gasteiger partial charge < -0.3 is 5.11 Å². The molecule has 0 atom stereocenters. The van der Waals surface area contributed by atoms with E-state index in [-0.39, 0.29) is 5.88 Å². The highest BCUT2D eigenvalue weighted by molar-refractivity contribution is 5.38. The lowest BCUT2D eigenvalue weighted by molar-refractivity contribution is -0.522. The van der Waals surface area contributed by atoms with Crippen molar-refractivity contribution in [1.29, 1.82) is 0 Å². The van der Waals surface area contributed by atoms with Crippen molar-refractivity contribution in [3.8, 4) is 5.88 Å². The van der Waals surface area contributed by atoms with Crippen molar-refractivity contribution in [1.82, 2.24) is 0 Å². The van der Waals surface area contributed by atoms with Crippen molar-refractivity contribution in [2.75, 3.05) is 0 Å². The molecular formula is C9H8NO+. The van der Waals surface area contributed by atoms with Gasteiger partial charge in [0.25, 0.3) is 0 Å². The highest BCUT2D eigenvalue weighted by Crippen LogP contribution is 2.02. The van der Waals surface area contributed by atoms with E-state index >= 15 is 0 Å². The smallest absolute Gasteiger partial charge is 0.371 e. The minimum Gasteiger partial charge on any atom is -0.459 e. The molecule has 2 aromatic heterocycles. The van der Waals surface area contributed by atoms with Gasteiger partial charge in [-0.05, 0) is 12.1 Å². The second kappa shape index (κ2) is 2.23. The Bertz CT molecular complexity index is 379. The second-order valence-electron chi connectivity index (χ2n) is 2.38. The van der Waals surface area contributed by atoms with Crippen LogP contribution in [-0.4, -0.2) is 5.11 Å². The zero-order valence-corrected chi connectivity index (χ0v) is 5.94. The number of aromatic nitrogens is 1. The lowest BCUT2D eigenvalue weighted by Gasteiger charge is -1.89. The molecule has 0 fully saturated rings. The van der Waals surface area contributed by atoms with Crippen LogP contribution < -0.4 is 4.40 Å². The summed E-state index contributed by atoms with van der Waals surface area (Å²) in [5.41, 5.74) is 0.993. The molecule has 54 valence electrons. The molecule has 0 aromatic carbocycles. The molecule has 2 rings (SSSR count). The van der Waals surface area contributed by atoms with Gasteiger partial charge >= 0.3 is 5.88 Å². The number of aromatic hydroxyl groups is 1. The van der Waals surface area contributed by atoms with E-state index in [2.05, 4.69) is 0 Å². The van der Waals surface area contributed by atoms with Crippen LogP contribution in [0.15, 0.2) is 42.6 Å². The first-order chi connectivity index (χ1) is 5.38. The molecule has 0 aliphatic heterocycles. The van der Waals surface area contributed by atoms with Crippen LogP contribution in [0, 0.1) is 0 Å². The van der Waals surface area contributed by atoms with Crippen LogP contribution in [-0.2, 0) is 0 Å². The van der Waals surface area contributed by atoms with Crippen LogP contribution in [0.1, 0.15) is 0 Å². The van der Waals surface area contributed by atoms with Crippen LogP contribution in [0.4, 0.5) is 0 Å². The molecule has 2 heteroatoms. The molecule has 2 nitrogen and oxygen atoms in total. The maximum Gasteiger partial charge on any atom is 0.371 e. The molecule has 0 saturated heterocycles. The fourth-order valence-electron chi connectivity index (χ4n) is 1.11. The quantitative estimate of drug-likeness (QED) is 0.553.